The summed E-state index contributed by atoms with van der Waals surface area (Å²) in [5, 5.41) is 12.1. The smallest absolute Gasteiger partial charge is 0.392 e. The molecule has 4 rings (SSSR count). The normalized spacial score (nSPS) is 23.0. The van der Waals surface area contributed by atoms with E-state index in [4.69, 9.17) is 4.52 Å². The Morgan fingerprint density at radius 3 is 2.73 bits per heavy atom. The molecule has 1 aromatic rings. The zero-order chi connectivity index (χ0) is 21.7. The second-order valence-corrected chi connectivity index (χ2v) is 9.82. The molecule has 1 aliphatic heterocycles. The molecule has 3 aliphatic rings. The van der Waals surface area contributed by atoms with Crippen LogP contribution in [-0.2, 0) is 21.4 Å². The molecular weight excluding hydrogens is 412 g/mol. The summed E-state index contributed by atoms with van der Waals surface area (Å²) in [6, 6.07) is 0.989. The van der Waals surface area contributed by atoms with Crippen LogP contribution in [0.5, 0.6) is 0 Å². The fourth-order valence-electron chi connectivity index (χ4n) is 3.47. The number of rotatable bonds is 7. The lowest BCUT2D eigenvalue weighted by molar-refractivity contribution is -0.440. The highest BCUT2D eigenvalue weighted by Crippen LogP contribution is 2.36. The van der Waals surface area contributed by atoms with E-state index < -0.39 is 32.8 Å². The molecule has 0 aromatic carbocycles. The number of aromatic nitrogens is 1. The standard InChI is InChI=1S/C19H23N4O6S/c1-12-9-13(29-20-12)11-23-17(25)15-10-14(30(27,28)21-19(2)5-6-19)3-4-16(15)22(7-8-24)18(23)26/h3-4,9-10,14,21,24H,5-8,11H2,1-2H3/q+1. The molecule has 2 aliphatic carbocycles. The quantitative estimate of drug-likeness (QED) is 0.586. The number of sulfonamides is 1. The van der Waals surface area contributed by atoms with E-state index in [2.05, 4.69) is 9.88 Å². The van der Waals surface area contributed by atoms with Crippen molar-refractivity contribution in [2.45, 2.75) is 44.0 Å². The van der Waals surface area contributed by atoms with Crippen LogP contribution in [0.4, 0.5) is 4.79 Å². The maximum absolute atomic E-state index is 13.1. The molecule has 2 heterocycles. The van der Waals surface area contributed by atoms with E-state index in [9.17, 15) is 23.1 Å². The van der Waals surface area contributed by atoms with Crippen molar-refractivity contribution < 1.29 is 32.2 Å². The Morgan fingerprint density at radius 1 is 1.40 bits per heavy atom. The molecule has 1 fully saturated rings. The van der Waals surface area contributed by atoms with Gasteiger partial charge in [0.1, 0.15) is 23.1 Å². The molecule has 1 aromatic heterocycles. The number of imide groups is 1. The molecule has 160 valence electrons. The summed E-state index contributed by atoms with van der Waals surface area (Å²) in [7, 11) is -3.75. The Balaban J connectivity index is 1.70. The van der Waals surface area contributed by atoms with Crippen LogP contribution in [0, 0.1) is 6.92 Å². The third kappa shape index (κ3) is 3.75. The van der Waals surface area contributed by atoms with Crippen molar-refractivity contribution >= 4 is 27.7 Å². The first-order valence-corrected chi connectivity index (χ1v) is 11.1. The van der Waals surface area contributed by atoms with Crippen LogP contribution in [0.1, 0.15) is 31.2 Å². The Kier molecular flexibility index (Phi) is 4.99. The molecular formula is C19H23N4O6S+. The zero-order valence-corrected chi connectivity index (χ0v) is 17.5. The predicted octanol–water partition coefficient (Wildman–Crippen LogP) is 0.228. The van der Waals surface area contributed by atoms with E-state index >= 15 is 0 Å². The fourth-order valence-corrected chi connectivity index (χ4v) is 5.10. The van der Waals surface area contributed by atoms with Crippen molar-refractivity contribution in [3.63, 3.8) is 0 Å². The number of carbonyl (C=O) groups excluding carboxylic acids is 2. The van der Waals surface area contributed by atoms with Gasteiger partial charge in [-0.1, -0.05) is 11.2 Å². The number of aryl methyl sites for hydroxylation is 1. The molecule has 2 N–H and O–H groups in total. The lowest BCUT2D eigenvalue weighted by Gasteiger charge is -2.25. The second kappa shape index (κ2) is 7.25. The first-order chi connectivity index (χ1) is 14.1. The Labute approximate surface area is 173 Å². The largest absolute Gasteiger partial charge is 0.501 e. The number of carbonyl (C=O) groups is 2. The Hall–Kier alpha value is -2.63. The van der Waals surface area contributed by atoms with Gasteiger partial charge in [-0.25, -0.2) is 17.9 Å². The van der Waals surface area contributed by atoms with Crippen LogP contribution < -0.4 is 4.72 Å². The summed E-state index contributed by atoms with van der Waals surface area (Å²) < 4.78 is 34.6. The fraction of sp³-hybridized carbons (Fsp3) is 0.474. The van der Waals surface area contributed by atoms with Gasteiger partial charge in [-0.05, 0) is 38.8 Å². The van der Waals surface area contributed by atoms with Gasteiger partial charge in [0.15, 0.2) is 12.3 Å². The predicted molar refractivity (Wildman–Crippen MR) is 105 cm³/mol. The van der Waals surface area contributed by atoms with E-state index in [1.807, 2.05) is 6.92 Å². The number of allylic oxidation sites excluding steroid dienone is 1. The third-order valence-electron chi connectivity index (χ3n) is 5.34. The van der Waals surface area contributed by atoms with E-state index in [1.165, 1.54) is 22.8 Å². The summed E-state index contributed by atoms with van der Waals surface area (Å²) in [5.74, 6) is -0.304. The third-order valence-corrected chi connectivity index (χ3v) is 7.13. The van der Waals surface area contributed by atoms with E-state index in [0.29, 0.717) is 11.5 Å². The van der Waals surface area contributed by atoms with Crippen LogP contribution in [0.3, 0.4) is 0 Å². The summed E-state index contributed by atoms with van der Waals surface area (Å²) in [5.41, 5.74) is 0.527. The molecule has 1 atom stereocenters. The minimum atomic E-state index is -3.75. The summed E-state index contributed by atoms with van der Waals surface area (Å²) in [4.78, 5) is 27.0. The number of hydrogen-bond donors (Lipinski definition) is 2. The number of nitrogens with zero attached hydrogens (tertiary/aromatic N) is 3. The van der Waals surface area contributed by atoms with E-state index in [1.54, 1.807) is 13.0 Å². The van der Waals surface area contributed by atoms with Gasteiger partial charge in [-0.3, -0.25) is 0 Å². The average Bonchev–Trinajstić information content (AvgIpc) is 3.26. The van der Waals surface area contributed by atoms with Crippen LogP contribution in [0.15, 0.2) is 34.4 Å². The molecule has 0 bridgehead atoms. The summed E-state index contributed by atoms with van der Waals surface area (Å²) in [6.45, 7) is 3.04. The zero-order valence-electron chi connectivity index (χ0n) is 16.7. The molecule has 30 heavy (non-hydrogen) atoms. The number of nitrogens with one attached hydrogen (secondary N) is 1. The maximum atomic E-state index is 13.1. The highest BCUT2D eigenvalue weighted by atomic mass is 32.2. The number of β-amino-alcohol motifs (C(OH)–C–C–N with tert-alkyl or cyclic N) is 1. The van der Waals surface area contributed by atoms with Crippen LogP contribution in [-0.4, -0.2) is 69.7 Å². The van der Waals surface area contributed by atoms with Crippen molar-refractivity contribution in [3.8, 4) is 0 Å². The topological polar surface area (TPSA) is 133 Å². The number of aliphatic hydroxyl groups excluding tert-OH is 1. The SMILES string of the molecule is Cc1cc(CN2C(=O)C3=CC(S(=O)(=O)NC4(C)CC4)C=CC3=[N+](CCO)C2=O)on1. The summed E-state index contributed by atoms with van der Waals surface area (Å²) >= 11 is 0. The molecule has 1 saturated carbocycles. The molecule has 3 amide bonds. The number of amides is 3. The summed E-state index contributed by atoms with van der Waals surface area (Å²) in [6.07, 6.45) is 5.77. The number of hydrogen-bond acceptors (Lipinski definition) is 7. The minimum absolute atomic E-state index is 0.0389. The molecule has 10 nitrogen and oxygen atoms in total. The molecule has 0 saturated heterocycles. The van der Waals surface area contributed by atoms with Crippen molar-refractivity contribution in [1.82, 2.24) is 14.8 Å². The highest BCUT2D eigenvalue weighted by Gasteiger charge is 2.47. The first kappa shape index (κ1) is 20.6. The number of fused-ring (bicyclic) bond motifs is 1. The molecule has 0 radical (unpaired) electrons. The van der Waals surface area contributed by atoms with Gasteiger partial charge in [0.2, 0.25) is 10.0 Å². The maximum Gasteiger partial charge on any atom is 0.501 e. The highest BCUT2D eigenvalue weighted by molar-refractivity contribution is 7.90. The van der Waals surface area contributed by atoms with Crippen LogP contribution in [0.2, 0.25) is 0 Å². The second-order valence-electron chi connectivity index (χ2n) is 7.98. The van der Waals surface area contributed by atoms with Crippen LogP contribution >= 0.6 is 0 Å². The van der Waals surface area contributed by atoms with Gasteiger partial charge in [-0.2, -0.15) is 9.37 Å². The van der Waals surface area contributed by atoms with Crippen molar-refractivity contribution in [2.24, 2.45) is 0 Å². The van der Waals surface area contributed by atoms with E-state index in [-0.39, 0.29) is 31.0 Å². The monoisotopic (exact) mass is 435 g/mol. The Morgan fingerprint density at radius 2 is 2.13 bits per heavy atom. The van der Waals surface area contributed by atoms with Crippen LogP contribution in [0.25, 0.3) is 0 Å². The lowest BCUT2D eigenvalue weighted by atomic mass is 9.99. The molecule has 1 unspecified atom stereocenters. The molecule has 0 spiro atoms. The van der Waals surface area contributed by atoms with Crippen molar-refractivity contribution in [2.75, 3.05) is 13.2 Å². The molecule has 11 heteroatoms. The van der Waals surface area contributed by atoms with Gasteiger partial charge in [0.05, 0.1) is 12.3 Å². The van der Waals surface area contributed by atoms with E-state index in [0.717, 1.165) is 17.7 Å². The van der Waals surface area contributed by atoms with Gasteiger partial charge in [-0.15, -0.1) is 4.90 Å². The van der Waals surface area contributed by atoms with Gasteiger partial charge < -0.3 is 9.63 Å². The average molecular weight is 435 g/mol. The minimum Gasteiger partial charge on any atom is -0.392 e. The van der Waals surface area contributed by atoms with Gasteiger partial charge >= 0.3 is 11.9 Å². The van der Waals surface area contributed by atoms with Crippen molar-refractivity contribution in [1.29, 1.82) is 0 Å². The first-order valence-electron chi connectivity index (χ1n) is 9.60. The van der Waals surface area contributed by atoms with Gasteiger partial charge in [0, 0.05) is 11.6 Å². The van der Waals surface area contributed by atoms with Crippen molar-refractivity contribution in [3.05, 3.63) is 41.3 Å². The number of urea groups is 1. The number of aliphatic hydroxyl groups is 1. The lowest BCUT2D eigenvalue weighted by Crippen LogP contribution is -2.52. The van der Waals surface area contributed by atoms with Gasteiger partial charge in [0.25, 0.3) is 0 Å². The Bertz CT molecular complexity index is 1110.